The first-order valence-corrected chi connectivity index (χ1v) is 5.47. The van der Waals surface area contributed by atoms with Crippen molar-refractivity contribution in [2.24, 2.45) is 0 Å². The lowest BCUT2D eigenvalue weighted by Gasteiger charge is -2.06. The van der Waals surface area contributed by atoms with Crippen molar-refractivity contribution >= 4 is 29.5 Å². The van der Waals surface area contributed by atoms with Gasteiger partial charge in [0.15, 0.2) is 17.9 Å². The zero-order chi connectivity index (χ0) is 13.3. The van der Waals surface area contributed by atoms with Crippen LogP contribution in [0, 0.1) is 17.1 Å². The average molecular weight is 284 g/mol. The molecular formula is C12H4Cl2FNO2. The molecule has 0 spiro atoms. The number of nitrogens with zero attached hydrogens (tertiary/aromatic N) is 1. The summed E-state index contributed by atoms with van der Waals surface area (Å²) in [5, 5.41) is 8.78. The zero-order valence-electron chi connectivity index (χ0n) is 8.71. The van der Waals surface area contributed by atoms with Crippen molar-refractivity contribution in [2.75, 3.05) is 0 Å². The van der Waals surface area contributed by atoms with Crippen molar-refractivity contribution in [1.82, 2.24) is 0 Å². The molecule has 18 heavy (non-hydrogen) atoms. The highest BCUT2D eigenvalue weighted by atomic mass is 35.5. The number of carbonyl (C=O) groups excluding carboxylic acids is 1. The Bertz CT molecular complexity index is 673. The Morgan fingerprint density at radius 2 is 2.06 bits per heavy atom. The van der Waals surface area contributed by atoms with Gasteiger partial charge in [-0.05, 0) is 18.2 Å². The lowest BCUT2D eigenvalue weighted by atomic mass is 10.1. The van der Waals surface area contributed by atoms with Gasteiger partial charge in [0.1, 0.15) is 17.4 Å². The summed E-state index contributed by atoms with van der Waals surface area (Å²) in [7, 11) is 0. The highest BCUT2D eigenvalue weighted by Crippen LogP contribution is 2.36. The molecule has 0 aliphatic rings. The second kappa shape index (κ2) is 4.81. The standard InChI is InChI=1S/C12H4Cl2FNO2/c13-8-3-9(14)12(15)7(4-16)11(8)10-2-1-6(5-17)18-10/h1-3,5H. The minimum Gasteiger partial charge on any atom is -0.453 e. The Kier molecular flexibility index (Phi) is 3.37. The average Bonchev–Trinajstić information content (AvgIpc) is 2.81. The van der Waals surface area contributed by atoms with Crippen molar-refractivity contribution in [3.05, 3.63) is 45.4 Å². The number of aldehydes is 1. The molecule has 0 fully saturated rings. The van der Waals surface area contributed by atoms with E-state index >= 15 is 0 Å². The molecule has 1 heterocycles. The third-order valence-electron chi connectivity index (χ3n) is 2.27. The molecule has 2 rings (SSSR count). The third-order valence-corrected chi connectivity index (χ3v) is 2.85. The normalized spacial score (nSPS) is 10.1. The van der Waals surface area contributed by atoms with Crippen LogP contribution in [-0.2, 0) is 0 Å². The van der Waals surface area contributed by atoms with Crippen LogP contribution in [0.25, 0.3) is 11.3 Å². The molecule has 1 aromatic heterocycles. The maximum absolute atomic E-state index is 13.7. The zero-order valence-corrected chi connectivity index (χ0v) is 10.2. The maximum Gasteiger partial charge on any atom is 0.185 e. The summed E-state index contributed by atoms with van der Waals surface area (Å²) in [6.45, 7) is 0. The van der Waals surface area contributed by atoms with Gasteiger partial charge in [0.25, 0.3) is 0 Å². The van der Waals surface area contributed by atoms with Gasteiger partial charge < -0.3 is 4.42 Å². The number of hydrogen-bond donors (Lipinski definition) is 0. The fourth-order valence-electron chi connectivity index (χ4n) is 1.49. The molecule has 3 nitrogen and oxygen atoms in total. The minimum absolute atomic E-state index is 0.0558. The van der Waals surface area contributed by atoms with Crippen molar-refractivity contribution in [3.63, 3.8) is 0 Å². The van der Waals surface area contributed by atoms with E-state index in [1.165, 1.54) is 18.2 Å². The third kappa shape index (κ3) is 1.99. The summed E-state index contributed by atoms with van der Waals surface area (Å²) >= 11 is 11.5. The Labute approximate surface area is 111 Å². The second-order valence-electron chi connectivity index (χ2n) is 3.34. The van der Waals surface area contributed by atoms with Gasteiger partial charge in [0, 0.05) is 0 Å². The number of nitriles is 1. The summed E-state index contributed by atoms with van der Waals surface area (Å²) < 4.78 is 18.8. The molecule has 0 atom stereocenters. The van der Waals surface area contributed by atoms with Gasteiger partial charge >= 0.3 is 0 Å². The van der Waals surface area contributed by atoms with Crippen LogP contribution in [-0.4, -0.2) is 6.29 Å². The van der Waals surface area contributed by atoms with Gasteiger partial charge in [-0.1, -0.05) is 23.2 Å². The van der Waals surface area contributed by atoms with E-state index < -0.39 is 5.82 Å². The van der Waals surface area contributed by atoms with Gasteiger partial charge in [0.2, 0.25) is 0 Å². The van der Waals surface area contributed by atoms with E-state index in [2.05, 4.69) is 0 Å². The molecule has 0 radical (unpaired) electrons. The number of carbonyl (C=O) groups is 1. The summed E-state index contributed by atoms with van der Waals surface area (Å²) in [5.41, 5.74) is -0.242. The number of hydrogen-bond acceptors (Lipinski definition) is 3. The molecule has 90 valence electrons. The van der Waals surface area contributed by atoms with Crippen LogP contribution in [0.4, 0.5) is 4.39 Å². The molecule has 0 saturated carbocycles. The van der Waals surface area contributed by atoms with Crippen LogP contribution in [0.2, 0.25) is 10.0 Å². The lowest BCUT2D eigenvalue weighted by molar-refractivity contribution is 0.110. The SMILES string of the molecule is N#Cc1c(F)c(Cl)cc(Cl)c1-c1ccc(C=O)o1. The minimum atomic E-state index is -0.873. The van der Waals surface area contributed by atoms with Gasteiger partial charge in [-0.15, -0.1) is 0 Å². The number of benzene rings is 1. The summed E-state index contributed by atoms with van der Waals surface area (Å²) in [5.74, 6) is -0.683. The molecule has 0 aliphatic heterocycles. The summed E-state index contributed by atoms with van der Waals surface area (Å²) in [4.78, 5) is 10.5. The van der Waals surface area contributed by atoms with E-state index in [-0.39, 0.29) is 32.7 Å². The molecule has 0 unspecified atom stereocenters. The Hall–Kier alpha value is -1.83. The highest BCUT2D eigenvalue weighted by molar-refractivity contribution is 6.36. The lowest BCUT2D eigenvalue weighted by Crippen LogP contribution is -1.91. The van der Waals surface area contributed by atoms with E-state index in [4.69, 9.17) is 32.9 Å². The van der Waals surface area contributed by atoms with E-state index in [9.17, 15) is 9.18 Å². The van der Waals surface area contributed by atoms with Crippen LogP contribution in [0.5, 0.6) is 0 Å². The molecule has 0 saturated heterocycles. The quantitative estimate of drug-likeness (QED) is 0.616. The molecule has 6 heteroatoms. The van der Waals surface area contributed by atoms with Crippen molar-refractivity contribution < 1.29 is 13.6 Å². The van der Waals surface area contributed by atoms with Crippen molar-refractivity contribution in [2.45, 2.75) is 0 Å². The van der Waals surface area contributed by atoms with Crippen molar-refractivity contribution in [3.8, 4) is 17.4 Å². The molecule has 0 N–H and O–H groups in total. The first kappa shape index (κ1) is 12.6. The second-order valence-corrected chi connectivity index (χ2v) is 4.15. The van der Waals surface area contributed by atoms with Crippen LogP contribution in [0.15, 0.2) is 22.6 Å². The smallest absolute Gasteiger partial charge is 0.185 e. The highest BCUT2D eigenvalue weighted by Gasteiger charge is 2.20. The Morgan fingerprint density at radius 1 is 1.33 bits per heavy atom. The predicted molar refractivity (Wildman–Crippen MR) is 64.2 cm³/mol. The summed E-state index contributed by atoms with van der Waals surface area (Å²) in [6.07, 6.45) is 0.496. The molecular weight excluding hydrogens is 280 g/mol. The molecule has 1 aromatic carbocycles. The predicted octanol–water partition coefficient (Wildman–Crippen LogP) is 4.08. The fourth-order valence-corrected chi connectivity index (χ4v) is 2.05. The molecule has 0 bridgehead atoms. The topological polar surface area (TPSA) is 54.0 Å². The van der Waals surface area contributed by atoms with Crippen LogP contribution in [0.1, 0.15) is 16.1 Å². The van der Waals surface area contributed by atoms with E-state index in [0.29, 0.717) is 6.29 Å². The molecule has 0 amide bonds. The number of furan rings is 1. The monoisotopic (exact) mass is 283 g/mol. The van der Waals surface area contributed by atoms with E-state index in [1.54, 1.807) is 6.07 Å². The number of rotatable bonds is 2. The van der Waals surface area contributed by atoms with Crippen LogP contribution >= 0.6 is 23.2 Å². The molecule has 2 aromatic rings. The molecule has 0 aliphatic carbocycles. The van der Waals surface area contributed by atoms with Gasteiger partial charge in [-0.25, -0.2) is 4.39 Å². The first-order valence-electron chi connectivity index (χ1n) is 4.71. The first-order chi connectivity index (χ1) is 8.58. The maximum atomic E-state index is 13.7. The van der Waals surface area contributed by atoms with Gasteiger partial charge in [-0.3, -0.25) is 4.79 Å². The van der Waals surface area contributed by atoms with Gasteiger partial charge in [-0.2, -0.15) is 5.26 Å². The van der Waals surface area contributed by atoms with E-state index in [1.807, 2.05) is 0 Å². The van der Waals surface area contributed by atoms with Crippen LogP contribution in [0.3, 0.4) is 0 Å². The van der Waals surface area contributed by atoms with Crippen molar-refractivity contribution in [1.29, 1.82) is 5.26 Å². The Morgan fingerprint density at radius 3 is 2.61 bits per heavy atom. The fraction of sp³-hybridized carbons (Fsp3) is 0. The number of halogens is 3. The Balaban J connectivity index is 2.74. The van der Waals surface area contributed by atoms with E-state index in [0.717, 1.165) is 0 Å². The largest absolute Gasteiger partial charge is 0.453 e. The summed E-state index contributed by atoms with van der Waals surface area (Å²) in [6, 6.07) is 5.68. The van der Waals surface area contributed by atoms with Crippen LogP contribution < -0.4 is 0 Å². The van der Waals surface area contributed by atoms with Gasteiger partial charge in [0.05, 0.1) is 15.6 Å².